The first-order chi connectivity index (χ1) is 11.4. The maximum Gasteiger partial charge on any atom is 0.175 e. The van der Waals surface area contributed by atoms with Gasteiger partial charge in [0.05, 0.1) is 4.90 Å². The van der Waals surface area contributed by atoms with Crippen LogP contribution in [0, 0.1) is 0 Å². The van der Waals surface area contributed by atoms with Crippen LogP contribution in [0.4, 0.5) is 0 Å². The number of allylic oxidation sites excluding steroid dienone is 1. The normalized spacial score (nSPS) is 13.4. The summed E-state index contributed by atoms with van der Waals surface area (Å²) in [6.45, 7) is 2.16. The Morgan fingerprint density at radius 3 is 2.21 bits per heavy atom. The fourth-order valence-electron chi connectivity index (χ4n) is 2.68. The Labute approximate surface area is 143 Å². The van der Waals surface area contributed by atoms with Gasteiger partial charge in [0, 0.05) is 6.26 Å². The highest BCUT2D eigenvalue weighted by Gasteiger charge is 2.06. The van der Waals surface area contributed by atoms with Crippen LogP contribution >= 0.6 is 0 Å². The summed E-state index contributed by atoms with van der Waals surface area (Å²) >= 11 is 0. The van der Waals surface area contributed by atoms with Gasteiger partial charge in [-0.25, -0.2) is 8.42 Å². The Morgan fingerprint density at radius 2 is 1.54 bits per heavy atom. The quantitative estimate of drug-likeness (QED) is 0.667. The molecule has 122 valence electrons. The predicted octanol–water partition coefficient (Wildman–Crippen LogP) is 5.06. The van der Waals surface area contributed by atoms with Crippen molar-refractivity contribution in [1.29, 1.82) is 0 Å². The molecule has 0 aliphatic rings. The third-order valence-corrected chi connectivity index (χ3v) is 5.31. The summed E-state index contributed by atoms with van der Waals surface area (Å²) in [6, 6.07) is 21.8. The first-order valence-corrected chi connectivity index (χ1v) is 9.80. The Hall–Kier alpha value is -2.39. The number of rotatable bonds is 4. The van der Waals surface area contributed by atoms with Crippen LogP contribution in [0.3, 0.4) is 0 Å². The molecule has 2 nitrogen and oxygen atoms in total. The Bertz CT molecular complexity index is 984. The maximum absolute atomic E-state index is 11.5. The number of benzene rings is 3. The summed E-state index contributed by atoms with van der Waals surface area (Å²) in [7, 11) is -3.14. The van der Waals surface area contributed by atoms with E-state index < -0.39 is 9.84 Å². The highest BCUT2D eigenvalue weighted by molar-refractivity contribution is 7.90. The molecule has 0 bridgehead atoms. The smallest absolute Gasteiger partial charge is 0.175 e. The molecule has 3 aromatic carbocycles. The van der Waals surface area contributed by atoms with Crippen molar-refractivity contribution in [3.05, 3.63) is 83.9 Å². The Morgan fingerprint density at radius 1 is 0.875 bits per heavy atom. The molecule has 0 spiro atoms. The summed E-state index contributed by atoms with van der Waals surface area (Å²) in [5.41, 5.74) is 2.26. The van der Waals surface area contributed by atoms with Gasteiger partial charge in [0.2, 0.25) is 0 Å². The molecule has 0 unspecified atom stereocenters. The van der Waals surface area contributed by atoms with Gasteiger partial charge in [-0.05, 0) is 39.9 Å². The molecule has 3 aromatic rings. The zero-order valence-corrected chi connectivity index (χ0v) is 14.6. The molecule has 0 fully saturated rings. The van der Waals surface area contributed by atoms with Gasteiger partial charge in [0.25, 0.3) is 0 Å². The van der Waals surface area contributed by atoms with Gasteiger partial charge in [0.1, 0.15) is 0 Å². The molecule has 0 N–H and O–H groups in total. The average molecular weight is 336 g/mol. The summed E-state index contributed by atoms with van der Waals surface area (Å²) in [5.74, 6) is 0.282. The lowest BCUT2D eigenvalue weighted by Crippen LogP contribution is -1.96. The second-order valence-electron chi connectivity index (χ2n) is 6.10. The van der Waals surface area contributed by atoms with E-state index in [1.165, 1.54) is 22.6 Å². The molecule has 0 aliphatic carbocycles. The van der Waals surface area contributed by atoms with Crippen molar-refractivity contribution in [3.63, 3.8) is 0 Å². The van der Waals surface area contributed by atoms with Crippen LogP contribution in [-0.2, 0) is 9.84 Å². The van der Waals surface area contributed by atoms with E-state index in [0.717, 1.165) is 5.56 Å². The molecule has 0 heterocycles. The molecule has 3 rings (SSSR count). The van der Waals surface area contributed by atoms with Crippen LogP contribution in [0.25, 0.3) is 16.8 Å². The van der Waals surface area contributed by atoms with E-state index in [-0.39, 0.29) is 5.92 Å². The van der Waals surface area contributed by atoms with Crippen LogP contribution < -0.4 is 0 Å². The molecule has 0 radical (unpaired) electrons. The van der Waals surface area contributed by atoms with Crippen molar-refractivity contribution in [2.45, 2.75) is 17.7 Å². The molecule has 0 aromatic heterocycles. The number of fused-ring (bicyclic) bond motifs is 1. The van der Waals surface area contributed by atoms with E-state index in [0.29, 0.717) is 4.90 Å². The van der Waals surface area contributed by atoms with Crippen molar-refractivity contribution in [1.82, 2.24) is 0 Å². The molecular formula is C21H20O2S. The number of hydrogen-bond donors (Lipinski definition) is 0. The van der Waals surface area contributed by atoms with Crippen molar-refractivity contribution in [2.24, 2.45) is 0 Å². The van der Waals surface area contributed by atoms with E-state index >= 15 is 0 Å². The minimum absolute atomic E-state index is 0.282. The van der Waals surface area contributed by atoms with E-state index in [1.54, 1.807) is 12.1 Å². The lowest BCUT2D eigenvalue weighted by atomic mass is 9.97. The highest BCUT2D eigenvalue weighted by atomic mass is 32.2. The number of sulfone groups is 1. The van der Waals surface area contributed by atoms with Crippen LogP contribution in [0.15, 0.2) is 77.7 Å². The van der Waals surface area contributed by atoms with Crippen molar-refractivity contribution >= 4 is 26.7 Å². The standard InChI is InChI=1S/C21H20O2S/c1-16(19-12-11-18-5-3-4-6-20(18)15-19)7-8-17-9-13-21(14-10-17)24(2,22)23/h3-16H,1-2H3/b8-7+/t16-/m0/s1. The second kappa shape index (κ2) is 6.62. The minimum Gasteiger partial charge on any atom is -0.224 e. The maximum atomic E-state index is 11.5. The molecule has 0 amide bonds. The first-order valence-electron chi connectivity index (χ1n) is 7.90. The summed E-state index contributed by atoms with van der Waals surface area (Å²) < 4.78 is 23.0. The van der Waals surface area contributed by atoms with E-state index in [9.17, 15) is 8.42 Å². The second-order valence-corrected chi connectivity index (χ2v) is 8.11. The molecule has 0 aliphatic heterocycles. The Balaban J connectivity index is 1.80. The van der Waals surface area contributed by atoms with Crippen LogP contribution in [0.2, 0.25) is 0 Å². The fraction of sp³-hybridized carbons (Fsp3) is 0.143. The van der Waals surface area contributed by atoms with Crippen LogP contribution in [-0.4, -0.2) is 14.7 Å². The van der Waals surface area contributed by atoms with Gasteiger partial charge in [-0.2, -0.15) is 0 Å². The lowest BCUT2D eigenvalue weighted by Gasteiger charge is -2.08. The van der Waals surface area contributed by atoms with E-state index in [2.05, 4.69) is 49.4 Å². The van der Waals surface area contributed by atoms with E-state index in [4.69, 9.17) is 0 Å². The van der Waals surface area contributed by atoms with Crippen molar-refractivity contribution in [3.8, 4) is 0 Å². The van der Waals surface area contributed by atoms with Gasteiger partial charge in [0.15, 0.2) is 9.84 Å². The third kappa shape index (κ3) is 3.74. The summed E-state index contributed by atoms with van der Waals surface area (Å²) in [6.07, 6.45) is 5.39. The molecule has 0 saturated heterocycles. The zero-order chi connectivity index (χ0) is 17.2. The van der Waals surface area contributed by atoms with Gasteiger partial charge >= 0.3 is 0 Å². The molecule has 1 atom stereocenters. The third-order valence-electron chi connectivity index (χ3n) is 4.18. The summed E-state index contributed by atoms with van der Waals surface area (Å²) in [4.78, 5) is 0.349. The first kappa shape index (κ1) is 16.5. The minimum atomic E-state index is -3.14. The van der Waals surface area contributed by atoms with Gasteiger partial charge < -0.3 is 0 Å². The van der Waals surface area contributed by atoms with Gasteiger partial charge in [-0.3, -0.25) is 0 Å². The van der Waals surface area contributed by atoms with Gasteiger partial charge in [-0.15, -0.1) is 0 Å². The van der Waals surface area contributed by atoms with E-state index in [1.807, 2.05) is 24.3 Å². The fourth-order valence-corrected chi connectivity index (χ4v) is 3.31. The van der Waals surface area contributed by atoms with Crippen LogP contribution in [0.1, 0.15) is 24.0 Å². The lowest BCUT2D eigenvalue weighted by molar-refractivity contribution is 0.602. The monoisotopic (exact) mass is 336 g/mol. The average Bonchev–Trinajstić information content (AvgIpc) is 2.59. The Kier molecular flexibility index (Phi) is 4.54. The summed E-state index contributed by atoms with van der Waals surface area (Å²) in [5, 5.41) is 2.49. The molecule has 3 heteroatoms. The number of hydrogen-bond acceptors (Lipinski definition) is 2. The SMILES string of the molecule is C[C@@H](/C=C/c1ccc(S(C)(=O)=O)cc1)c1ccc2ccccc2c1. The predicted molar refractivity (Wildman–Crippen MR) is 101 cm³/mol. The van der Waals surface area contributed by atoms with Crippen LogP contribution in [0.5, 0.6) is 0 Å². The molecule has 0 saturated carbocycles. The zero-order valence-electron chi connectivity index (χ0n) is 13.8. The van der Waals surface area contributed by atoms with Crippen molar-refractivity contribution < 1.29 is 8.42 Å². The van der Waals surface area contributed by atoms with Gasteiger partial charge in [-0.1, -0.05) is 73.7 Å². The molecular weight excluding hydrogens is 316 g/mol. The van der Waals surface area contributed by atoms with Crippen molar-refractivity contribution in [2.75, 3.05) is 6.26 Å². The molecule has 24 heavy (non-hydrogen) atoms. The topological polar surface area (TPSA) is 34.1 Å². The highest BCUT2D eigenvalue weighted by Crippen LogP contribution is 2.23. The largest absolute Gasteiger partial charge is 0.224 e.